The van der Waals surface area contributed by atoms with Crippen LogP contribution in [0.3, 0.4) is 0 Å². The van der Waals surface area contributed by atoms with Gasteiger partial charge in [-0.05, 0) is 159 Å². The first-order chi connectivity index (χ1) is 18.5. The highest BCUT2D eigenvalue weighted by atomic mass is 16.5. The molecule has 8 bridgehead atoms. The first-order valence-corrected chi connectivity index (χ1v) is 16.9. The summed E-state index contributed by atoms with van der Waals surface area (Å²) in [5, 5.41) is 0. The van der Waals surface area contributed by atoms with Crippen LogP contribution in [0.5, 0.6) is 0 Å². The van der Waals surface area contributed by atoms with Gasteiger partial charge in [-0.25, -0.2) is 0 Å². The van der Waals surface area contributed by atoms with Crippen LogP contribution in [-0.2, 0) is 19.1 Å². The molecule has 0 aromatic rings. The summed E-state index contributed by atoms with van der Waals surface area (Å²) in [5.41, 5.74) is 0.176. The monoisotopic (exact) mass is 516 g/mol. The number of fused-ring (bicyclic) bond motifs is 7. The van der Waals surface area contributed by atoms with Crippen molar-refractivity contribution in [3.63, 3.8) is 0 Å². The van der Waals surface area contributed by atoms with Gasteiger partial charge in [-0.2, -0.15) is 0 Å². The summed E-state index contributed by atoms with van der Waals surface area (Å²) in [7, 11) is 0. The lowest BCUT2D eigenvalue weighted by Gasteiger charge is -2.62. The van der Waals surface area contributed by atoms with E-state index < -0.39 is 0 Å². The van der Waals surface area contributed by atoms with Gasteiger partial charge in [0.05, 0.1) is 12.8 Å². The predicted molar refractivity (Wildman–Crippen MR) is 138 cm³/mol. The Kier molecular flexibility index (Phi) is 3.82. The third-order valence-electron chi connectivity index (χ3n) is 16.3. The molecular weight excluding hydrogens is 472 g/mol. The number of ether oxygens (including phenoxy) is 2. The topological polar surface area (TPSA) is 52.6 Å². The Balaban J connectivity index is 0.985. The molecule has 11 saturated carbocycles. The largest absolute Gasteiger partial charge is 0.462 e. The zero-order valence-electron chi connectivity index (χ0n) is 22.8. The zero-order valence-corrected chi connectivity index (χ0v) is 22.8. The molecule has 12 aliphatic rings. The summed E-state index contributed by atoms with van der Waals surface area (Å²) >= 11 is 0. The third-order valence-corrected chi connectivity index (χ3v) is 16.3. The van der Waals surface area contributed by atoms with Crippen LogP contribution in [0.25, 0.3) is 0 Å². The molecule has 0 radical (unpaired) electrons. The number of carbonyl (C=O) groups excluding carboxylic acids is 2. The molecular formula is C34H44O4. The van der Waals surface area contributed by atoms with Gasteiger partial charge in [0.25, 0.3) is 0 Å². The minimum absolute atomic E-state index is 0.0879. The molecule has 0 N–H and O–H groups in total. The van der Waals surface area contributed by atoms with Crippen LogP contribution < -0.4 is 0 Å². The van der Waals surface area contributed by atoms with Crippen LogP contribution in [0.15, 0.2) is 0 Å². The van der Waals surface area contributed by atoms with E-state index in [1.165, 1.54) is 57.8 Å². The van der Waals surface area contributed by atoms with Crippen LogP contribution >= 0.6 is 0 Å². The Morgan fingerprint density at radius 3 is 1.42 bits per heavy atom. The fraction of sp³-hybridized carbons (Fsp3) is 0.941. The molecule has 4 nitrogen and oxygen atoms in total. The Hall–Kier alpha value is -1.06. The Bertz CT molecular complexity index is 1050. The molecule has 12 fully saturated rings. The van der Waals surface area contributed by atoms with Crippen LogP contribution in [0, 0.1) is 93.7 Å². The van der Waals surface area contributed by atoms with Crippen molar-refractivity contribution < 1.29 is 19.1 Å². The maximum atomic E-state index is 13.7. The average Bonchev–Trinajstić information content (AvgIpc) is 3.62. The van der Waals surface area contributed by atoms with Gasteiger partial charge in [-0.3, -0.25) is 9.59 Å². The maximum Gasteiger partial charge on any atom is 0.306 e. The molecule has 4 heteroatoms. The lowest BCUT2D eigenvalue weighted by molar-refractivity contribution is -0.174. The van der Waals surface area contributed by atoms with Crippen molar-refractivity contribution in [2.75, 3.05) is 0 Å². The quantitative estimate of drug-likeness (QED) is 0.370. The minimum Gasteiger partial charge on any atom is -0.462 e. The van der Waals surface area contributed by atoms with Crippen molar-refractivity contribution in [2.45, 2.75) is 102 Å². The fourth-order valence-corrected chi connectivity index (χ4v) is 16.8. The first-order valence-electron chi connectivity index (χ1n) is 16.9. The lowest BCUT2D eigenvalue weighted by atomic mass is 9.43. The molecule has 12 rings (SSSR count). The van der Waals surface area contributed by atoms with Gasteiger partial charge in [0.15, 0.2) is 0 Å². The molecule has 0 aromatic heterocycles. The smallest absolute Gasteiger partial charge is 0.306 e. The van der Waals surface area contributed by atoms with Crippen molar-refractivity contribution >= 4 is 11.9 Å². The van der Waals surface area contributed by atoms with Gasteiger partial charge in [-0.1, -0.05) is 0 Å². The van der Waals surface area contributed by atoms with Gasteiger partial charge in [-0.15, -0.1) is 0 Å². The molecule has 1 saturated heterocycles. The van der Waals surface area contributed by atoms with E-state index in [9.17, 15) is 9.59 Å². The third kappa shape index (κ3) is 2.42. The fourth-order valence-electron chi connectivity index (χ4n) is 16.8. The average molecular weight is 517 g/mol. The van der Waals surface area contributed by atoms with Gasteiger partial charge in [0.1, 0.15) is 12.2 Å². The van der Waals surface area contributed by atoms with Gasteiger partial charge in [0.2, 0.25) is 0 Å². The molecule has 1 aliphatic heterocycles. The van der Waals surface area contributed by atoms with Crippen molar-refractivity contribution in [3.05, 3.63) is 0 Å². The van der Waals surface area contributed by atoms with E-state index in [4.69, 9.17) is 9.47 Å². The lowest BCUT2D eigenvalue weighted by Crippen LogP contribution is -2.59. The Morgan fingerprint density at radius 2 is 0.947 bits per heavy atom. The number of hydrogen-bond acceptors (Lipinski definition) is 4. The van der Waals surface area contributed by atoms with Crippen LogP contribution in [0.2, 0.25) is 0 Å². The molecule has 11 aliphatic carbocycles. The van der Waals surface area contributed by atoms with E-state index in [1.54, 1.807) is 0 Å². The second kappa shape index (κ2) is 6.70. The van der Waals surface area contributed by atoms with Crippen LogP contribution in [-0.4, -0.2) is 24.1 Å². The van der Waals surface area contributed by atoms with Crippen molar-refractivity contribution in [3.8, 4) is 0 Å². The van der Waals surface area contributed by atoms with E-state index in [0.29, 0.717) is 36.5 Å². The van der Waals surface area contributed by atoms with Gasteiger partial charge >= 0.3 is 11.9 Å². The highest BCUT2D eigenvalue weighted by Gasteiger charge is 2.78. The summed E-state index contributed by atoms with van der Waals surface area (Å²) < 4.78 is 13.1. The first kappa shape index (κ1) is 21.7. The highest BCUT2D eigenvalue weighted by Crippen LogP contribution is 2.82. The Morgan fingerprint density at radius 1 is 0.500 bits per heavy atom. The molecule has 1 heterocycles. The molecule has 0 amide bonds. The van der Waals surface area contributed by atoms with Crippen LogP contribution in [0.1, 0.15) is 89.9 Å². The highest BCUT2D eigenvalue weighted by molar-refractivity contribution is 5.72. The standard InChI is InChI=1S/C34H44O4/c35-25-12-33-8-15-5-16(9-33)11-34(10-15,14-33)13-26(36)38-24-4-2-18-20-7-22(28(18)24)32-30(20)29-19-6-21(31(29)32)27-17(19)1-3-23(27)37-25/h15-24,27-32H,1-14H2/t15?,16?,17-,18+,19-,20-,21-,22+,23+,24+,27-,28+,29+,30+,31+,32-,33?,34?/m0/s1. The second-order valence-corrected chi connectivity index (χ2v) is 17.4. The van der Waals surface area contributed by atoms with E-state index in [-0.39, 0.29) is 35.0 Å². The predicted octanol–water partition coefficient (Wildman–Crippen LogP) is 6.02. The molecule has 2 spiro atoms. The SMILES string of the molecule is O=C1CC23CC4CC(C2)CC(CC(=O)O[C@@H]2CC[C@@H]5[C@@H]6C[C@@H]([C@@H]7[C@@H]8[C@H]9C[C@@H]([C@@H]%10CC[C@@H](O1)[C@H]9%10)[C@@H]8[C@@H]67)[C@@H]52)(C4)C3. The zero-order chi connectivity index (χ0) is 24.7. The minimum atomic E-state index is 0.0879. The molecule has 204 valence electrons. The van der Waals surface area contributed by atoms with Gasteiger partial charge < -0.3 is 9.47 Å². The Labute approximate surface area is 226 Å². The van der Waals surface area contributed by atoms with E-state index in [1.807, 2.05) is 0 Å². The van der Waals surface area contributed by atoms with Crippen molar-refractivity contribution in [1.29, 1.82) is 0 Å². The number of esters is 2. The maximum absolute atomic E-state index is 13.7. The number of rotatable bonds is 0. The molecule has 16 atom stereocenters. The molecule has 0 aromatic carbocycles. The van der Waals surface area contributed by atoms with E-state index in [0.717, 1.165) is 78.4 Å². The van der Waals surface area contributed by atoms with E-state index >= 15 is 0 Å². The second-order valence-electron chi connectivity index (χ2n) is 17.4. The number of hydrogen-bond donors (Lipinski definition) is 0. The molecule has 2 unspecified atom stereocenters. The summed E-state index contributed by atoms with van der Waals surface area (Å²) in [6, 6.07) is 0. The van der Waals surface area contributed by atoms with Gasteiger partial charge in [0, 0.05) is 11.8 Å². The van der Waals surface area contributed by atoms with E-state index in [2.05, 4.69) is 0 Å². The molecule has 38 heavy (non-hydrogen) atoms. The normalized spacial score (nSPS) is 67.3. The summed E-state index contributed by atoms with van der Waals surface area (Å²) in [6.45, 7) is 0. The van der Waals surface area contributed by atoms with Crippen molar-refractivity contribution in [2.24, 2.45) is 93.7 Å². The summed E-state index contributed by atoms with van der Waals surface area (Å²) in [4.78, 5) is 27.4. The summed E-state index contributed by atoms with van der Waals surface area (Å²) in [5.74, 6) is 11.9. The van der Waals surface area contributed by atoms with Crippen LogP contribution in [0.4, 0.5) is 0 Å². The van der Waals surface area contributed by atoms with Crippen molar-refractivity contribution in [1.82, 2.24) is 0 Å². The number of carbonyl (C=O) groups is 2. The summed E-state index contributed by atoms with van der Waals surface area (Å²) in [6.07, 6.45) is 16.6.